The number of anilines is 1. The summed E-state index contributed by atoms with van der Waals surface area (Å²) in [6.07, 6.45) is 0. The molecule has 0 spiro atoms. The van der Waals surface area contributed by atoms with Crippen molar-refractivity contribution in [3.63, 3.8) is 0 Å². The number of imide groups is 1. The van der Waals surface area contributed by atoms with E-state index in [4.69, 9.17) is 11.6 Å². The molecule has 88 valence electrons. The van der Waals surface area contributed by atoms with E-state index in [1.165, 1.54) is 0 Å². The highest BCUT2D eigenvalue weighted by molar-refractivity contribution is 9.10. The van der Waals surface area contributed by atoms with Crippen LogP contribution in [-0.4, -0.2) is 11.8 Å². The first-order valence-electron chi connectivity index (χ1n) is 4.95. The largest absolute Gasteiger partial charge is 0.269 e. The molecule has 0 bridgehead atoms. The van der Waals surface area contributed by atoms with Gasteiger partial charge in [-0.2, -0.15) is 0 Å². The molecule has 0 aromatic heterocycles. The maximum Gasteiger partial charge on any atom is 0.261 e. The fourth-order valence-corrected chi connectivity index (χ4v) is 2.21. The Bertz CT molecular complexity index is 542. The van der Waals surface area contributed by atoms with Crippen molar-refractivity contribution < 1.29 is 9.59 Å². The molecule has 1 aromatic rings. The van der Waals surface area contributed by atoms with E-state index in [9.17, 15) is 9.59 Å². The third-order valence-electron chi connectivity index (χ3n) is 2.76. The van der Waals surface area contributed by atoms with Gasteiger partial charge in [-0.15, -0.1) is 0 Å². The lowest BCUT2D eigenvalue weighted by molar-refractivity contribution is -0.120. The highest BCUT2D eigenvalue weighted by atomic mass is 79.9. The quantitative estimate of drug-likeness (QED) is 0.746. The van der Waals surface area contributed by atoms with Crippen LogP contribution in [0.5, 0.6) is 0 Å². The molecule has 0 aliphatic carbocycles. The average molecular weight is 315 g/mol. The molecule has 1 aromatic carbocycles. The molecule has 1 heterocycles. The highest BCUT2D eigenvalue weighted by Crippen LogP contribution is 2.34. The Labute approximate surface area is 112 Å². The van der Waals surface area contributed by atoms with Crippen LogP contribution >= 0.6 is 27.5 Å². The van der Waals surface area contributed by atoms with E-state index in [1.54, 1.807) is 32.0 Å². The molecule has 1 aliphatic heterocycles. The first kappa shape index (κ1) is 12.3. The van der Waals surface area contributed by atoms with Crippen LogP contribution in [0.4, 0.5) is 5.69 Å². The fraction of sp³-hybridized carbons (Fsp3) is 0.167. The summed E-state index contributed by atoms with van der Waals surface area (Å²) in [6.45, 7) is 3.29. The second kappa shape index (κ2) is 4.27. The van der Waals surface area contributed by atoms with Crippen LogP contribution in [0.25, 0.3) is 0 Å². The lowest BCUT2D eigenvalue weighted by Gasteiger charge is -2.16. The van der Waals surface area contributed by atoms with Gasteiger partial charge in [-0.3, -0.25) is 9.59 Å². The van der Waals surface area contributed by atoms with Crippen molar-refractivity contribution in [2.45, 2.75) is 13.8 Å². The van der Waals surface area contributed by atoms with Crippen molar-refractivity contribution >= 4 is 45.0 Å². The summed E-state index contributed by atoms with van der Waals surface area (Å²) in [7, 11) is 0. The van der Waals surface area contributed by atoms with Crippen LogP contribution in [0.15, 0.2) is 33.8 Å². The Morgan fingerprint density at radius 3 is 2.18 bits per heavy atom. The molecule has 0 atom stereocenters. The van der Waals surface area contributed by atoms with Crippen molar-refractivity contribution in [1.82, 2.24) is 0 Å². The normalized spacial score (nSPS) is 16.1. The smallest absolute Gasteiger partial charge is 0.261 e. The Morgan fingerprint density at radius 2 is 1.65 bits per heavy atom. The summed E-state index contributed by atoms with van der Waals surface area (Å²) in [4.78, 5) is 25.1. The van der Waals surface area contributed by atoms with Gasteiger partial charge in [0.2, 0.25) is 0 Å². The van der Waals surface area contributed by atoms with Gasteiger partial charge in [-0.05, 0) is 48.0 Å². The van der Waals surface area contributed by atoms with Crippen LogP contribution in [0.3, 0.4) is 0 Å². The summed E-state index contributed by atoms with van der Waals surface area (Å²) >= 11 is 9.19. The Balaban J connectivity index is 2.54. The second-order valence-corrected chi connectivity index (χ2v) is 5.08. The van der Waals surface area contributed by atoms with Gasteiger partial charge in [-0.1, -0.05) is 11.6 Å². The van der Waals surface area contributed by atoms with Crippen LogP contribution in [0.2, 0.25) is 5.02 Å². The van der Waals surface area contributed by atoms with Gasteiger partial charge in [0.25, 0.3) is 11.8 Å². The van der Waals surface area contributed by atoms with Gasteiger partial charge in [0.1, 0.15) is 0 Å². The van der Waals surface area contributed by atoms with Crippen molar-refractivity contribution in [2.24, 2.45) is 0 Å². The Kier molecular flexibility index (Phi) is 3.10. The van der Waals surface area contributed by atoms with Crippen LogP contribution < -0.4 is 4.90 Å². The van der Waals surface area contributed by atoms with Gasteiger partial charge in [-0.25, -0.2) is 4.90 Å². The third kappa shape index (κ3) is 1.91. The lowest BCUT2D eigenvalue weighted by Crippen LogP contribution is -2.31. The summed E-state index contributed by atoms with van der Waals surface area (Å²) in [5, 5.41) is 0.478. The number of benzene rings is 1. The molecular weight excluding hydrogens is 305 g/mol. The predicted molar refractivity (Wildman–Crippen MR) is 70.0 cm³/mol. The standard InChI is InChI=1S/C12H9BrClNO2/c1-6-7(2)12(17)15(11(6)16)10-5-8(14)3-4-9(10)13/h3-5H,1-2H3. The van der Waals surface area contributed by atoms with Crippen molar-refractivity contribution in [2.75, 3.05) is 4.90 Å². The first-order valence-corrected chi connectivity index (χ1v) is 6.12. The van der Waals surface area contributed by atoms with Crippen molar-refractivity contribution in [3.05, 3.63) is 38.8 Å². The van der Waals surface area contributed by atoms with Gasteiger partial charge >= 0.3 is 0 Å². The monoisotopic (exact) mass is 313 g/mol. The molecular formula is C12H9BrClNO2. The molecule has 0 saturated heterocycles. The minimum Gasteiger partial charge on any atom is -0.269 e. The molecule has 0 fully saturated rings. The summed E-state index contributed by atoms with van der Waals surface area (Å²) < 4.78 is 0.658. The lowest BCUT2D eigenvalue weighted by atomic mass is 10.2. The molecule has 3 nitrogen and oxygen atoms in total. The minimum atomic E-state index is -0.296. The molecule has 17 heavy (non-hydrogen) atoms. The SMILES string of the molecule is CC1=C(C)C(=O)N(c2cc(Cl)ccc2Br)C1=O. The number of carbonyl (C=O) groups is 2. The second-order valence-electron chi connectivity index (χ2n) is 3.79. The minimum absolute atomic E-state index is 0.296. The van der Waals surface area contributed by atoms with Crippen LogP contribution in [0.1, 0.15) is 13.8 Å². The zero-order valence-corrected chi connectivity index (χ0v) is 11.6. The van der Waals surface area contributed by atoms with Crippen LogP contribution in [-0.2, 0) is 9.59 Å². The van der Waals surface area contributed by atoms with Gasteiger partial charge in [0.15, 0.2) is 0 Å². The highest BCUT2D eigenvalue weighted by Gasteiger charge is 2.35. The molecule has 5 heteroatoms. The summed E-state index contributed by atoms with van der Waals surface area (Å²) in [6, 6.07) is 4.99. The number of rotatable bonds is 1. The molecule has 2 amide bonds. The first-order chi connectivity index (χ1) is 7.93. The topological polar surface area (TPSA) is 37.4 Å². The van der Waals surface area contributed by atoms with E-state index < -0.39 is 0 Å². The third-order valence-corrected chi connectivity index (χ3v) is 3.67. The number of amides is 2. The fourth-order valence-electron chi connectivity index (χ4n) is 1.62. The average Bonchev–Trinajstić information content (AvgIpc) is 2.48. The maximum absolute atomic E-state index is 12.0. The molecule has 0 radical (unpaired) electrons. The Hall–Kier alpha value is -1.13. The molecule has 0 saturated carbocycles. The maximum atomic E-state index is 12.0. The van der Waals surface area contributed by atoms with E-state index in [0.717, 1.165) is 4.90 Å². The summed E-state index contributed by atoms with van der Waals surface area (Å²) in [5.74, 6) is -0.592. The predicted octanol–water partition coefficient (Wildman–Crippen LogP) is 3.31. The Morgan fingerprint density at radius 1 is 1.12 bits per heavy atom. The van der Waals surface area contributed by atoms with Gasteiger partial charge in [0, 0.05) is 20.6 Å². The zero-order valence-electron chi connectivity index (χ0n) is 9.25. The number of nitrogens with zero attached hydrogens (tertiary/aromatic N) is 1. The number of hydrogen-bond donors (Lipinski definition) is 0. The molecule has 1 aliphatic rings. The van der Waals surface area contributed by atoms with E-state index >= 15 is 0 Å². The van der Waals surface area contributed by atoms with E-state index in [-0.39, 0.29) is 11.8 Å². The molecule has 0 unspecified atom stereocenters. The molecule has 0 N–H and O–H groups in total. The summed E-state index contributed by atoms with van der Waals surface area (Å²) in [5.41, 5.74) is 1.42. The van der Waals surface area contributed by atoms with Gasteiger partial charge < -0.3 is 0 Å². The zero-order chi connectivity index (χ0) is 12.7. The van der Waals surface area contributed by atoms with Crippen LogP contribution in [0, 0.1) is 0 Å². The number of halogens is 2. The van der Waals surface area contributed by atoms with Crippen molar-refractivity contribution in [3.8, 4) is 0 Å². The van der Waals surface area contributed by atoms with E-state index in [1.807, 2.05) is 0 Å². The van der Waals surface area contributed by atoms with Crippen molar-refractivity contribution in [1.29, 1.82) is 0 Å². The van der Waals surface area contributed by atoms with E-state index in [0.29, 0.717) is 26.3 Å². The number of carbonyl (C=O) groups excluding carboxylic acids is 2. The molecule has 2 rings (SSSR count). The number of hydrogen-bond acceptors (Lipinski definition) is 2. The van der Waals surface area contributed by atoms with Gasteiger partial charge in [0.05, 0.1) is 5.69 Å². The van der Waals surface area contributed by atoms with E-state index in [2.05, 4.69) is 15.9 Å².